The van der Waals surface area contributed by atoms with Crippen molar-refractivity contribution in [1.29, 1.82) is 0 Å². The Balaban J connectivity index is 2.26. The first-order valence-electron chi connectivity index (χ1n) is 6.43. The molecule has 1 atom stereocenters. The molecule has 0 aliphatic heterocycles. The van der Waals surface area contributed by atoms with Gasteiger partial charge in [0.1, 0.15) is 5.82 Å². The zero-order valence-corrected chi connectivity index (χ0v) is 12.6. The van der Waals surface area contributed by atoms with Gasteiger partial charge in [0, 0.05) is 11.7 Å². The van der Waals surface area contributed by atoms with Crippen molar-refractivity contribution in [3.8, 4) is 0 Å². The second-order valence-electron chi connectivity index (χ2n) is 4.94. The van der Waals surface area contributed by atoms with Crippen molar-refractivity contribution >= 4 is 15.7 Å². The number of benzene rings is 2. The molecule has 0 saturated carbocycles. The Morgan fingerprint density at radius 1 is 1.19 bits per heavy atom. The minimum atomic E-state index is -3.72. The van der Waals surface area contributed by atoms with E-state index in [-0.39, 0.29) is 16.8 Å². The molecule has 0 aromatic heterocycles. The Morgan fingerprint density at radius 3 is 2.52 bits per heavy atom. The van der Waals surface area contributed by atoms with E-state index in [2.05, 4.69) is 5.32 Å². The fraction of sp³-hybridized carbons (Fsp3) is 0.200. The van der Waals surface area contributed by atoms with E-state index in [9.17, 15) is 12.8 Å². The summed E-state index contributed by atoms with van der Waals surface area (Å²) in [4.78, 5) is 0.0736. The van der Waals surface area contributed by atoms with Gasteiger partial charge >= 0.3 is 0 Å². The molecule has 6 heteroatoms. The Labute approximate surface area is 123 Å². The summed E-state index contributed by atoms with van der Waals surface area (Å²) in [5, 5.41) is 8.36. The smallest absolute Gasteiger partial charge is 0.238 e. The molecule has 21 heavy (non-hydrogen) atoms. The molecule has 0 saturated heterocycles. The molecule has 1 unspecified atom stereocenters. The number of rotatable bonds is 4. The summed E-state index contributed by atoms with van der Waals surface area (Å²) in [6.45, 7) is 3.70. The summed E-state index contributed by atoms with van der Waals surface area (Å²) >= 11 is 0. The van der Waals surface area contributed by atoms with Crippen LogP contribution in [0.25, 0.3) is 0 Å². The quantitative estimate of drug-likeness (QED) is 0.912. The molecule has 4 nitrogen and oxygen atoms in total. The molecular formula is C15H17FN2O2S. The number of nitrogens with two attached hydrogens (primary N) is 1. The lowest BCUT2D eigenvalue weighted by Gasteiger charge is -2.18. The van der Waals surface area contributed by atoms with Gasteiger partial charge in [0.2, 0.25) is 10.0 Å². The molecule has 2 rings (SSSR count). The maximum Gasteiger partial charge on any atom is 0.238 e. The number of hydrogen-bond acceptors (Lipinski definition) is 3. The molecule has 2 aromatic carbocycles. The second-order valence-corrected chi connectivity index (χ2v) is 6.50. The van der Waals surface area contributed by atoms with E-state index in [0.29, 0.717) is 0 Å². The predicted octanol–water partition coefficient (Wildman–Crippen LogP) is 2.95. The highest BCUT2D eigenvalue weighted by Gasteiger charge is 2.12. The van der Waals surface area contributed by atoms with E-state index >= 15 is 0 Å². The SMILES string of the molecule is Cc1cc(F)ccc1NC(C)c1cccc(S(N)(=O)=O)c1. The maximum atomic E-state index is 13.1. The van der Waals surface area contributed by atoms with Crippen LogP contribution in [-0.2, 0) is 10.0 Å². The van der Waals surface area contributed by atoms with Gasteiger partial charge < -0.3 is 5.32 Å². The van der Waals surface area contributed by atoms with Gasteiger partial charge in [0.05, 0.1) is 4.90 Å². The standard InChI is InChI=1S/C15H17FN2O2S/c1-10-8-13(16)6-7-15(10)18-11(2)12-4-3-5-14(9-12)21(17,19)20/h3-9,11,18H,1-2H3,(H2,17,19,20). The van der Waals surface area contributed by atoms with Gasteiger partial charge in [0.25, 0.3) is 0 Å². The summed E-state index contributed by atoms with van der Waals surface area (Å²) < 4.78 is 35.8. The van der Waals surface area contributed by atoms with E-state index < -0.39 is 10.0 Å². The third kappa shape index (κ3) is 3.80. The van der Waals surface area contributed by atoms with Crippen LogP contribution in [0.2, 0.25) is 0 Å². The van der Waals surface area contributed by atoms with Crippen molar-refractivity contribution in [3.05, 3.63) is 59.4 Å². The van der Waals surface area contributed by atoms with E-state index in [1.807, 2.05) is 13.0 Å². The van der Waals surface area contributed by atoms with Crippen molar-refractivity contribution in [2.45, 2.75) is 24.8 Å². The highest BCUT2D eigenvalue weighted by atomic mass is 32.2. The van der Waals surface area contributed by atoms with Gasteiger partial charge in [0.15, 0.2) is 0 Å². The molecule has 3 N–H and O–H groups in total. The summed E-state index contributed by atoms with van der Waals surface area (Å²) in [6.07, 6.45) is 0. The lowest BCUT2D eigenvalue weighted by molar-refractivity contribution is 0.597. The molecule has 112 valence electrons. The largest absolute Gasteiger partial charge is 0.378 e. The van der Waals surface area contributed by atoms with Crippen LogP contribution in [0.5, 0.6) is 0 Å². The van der Waals surface area contributed by atoms with Crippen molar-refractivity contribution in [3.63, 3.8) is 0 Å². The minimum Gasteiger partial charge on any atom is -0.378 e. The summed E-state index contributed by atoms with van der Waals surface area (Å²) in [6, 6.07) is 10.8. The van der Waals surface area contributed by atoms with Crippen LogP contribution in [0.3, 0.4) is 0 Å². The van der Waals surface area contributed by atoms with Gasteiger partial charge in [-0.05, 0) is 55.3 Å². The molecule has 0 aliphatic rings. The van der Waals surface area contributed by atoms with Crippen molar-refractivity contribution in [2.75, 3.05) is 5.32 Å². The van der Waals surface area contributed by atoms with Gasteiger partial charge in [-0.1, -0.05) is 12.1 Å². The Bertz CT molecular complexity index is 760. The monoisotopic (exact) mass is 308 g/mol. The van der Waals surface area contributed by atoms with Crippen LogP contribution in [0, 0.1) is 12.7 Å². The first kappa shape index (κ1) is 15.5. The molecule has 0 fully saturated rings. The number of aryl methyl sites for hydroxylation is 1. The first-order chi connectivity index (χ1) is 9.77. The first-order valence-corrected chi connectivity index (χ1v) is 7.97. The number of sulfonamides is 1. The van der Waals surface area contributed by atoms with Crippen LogP contribution >= 0.6 is 0 Å². The van der Waals surface area contributed by atoms with Crippen molar-refractivity contribution in [1.82, 2.24) is 0 Å². The summed E-state index contributed by atoms with van der Waals surface area (Å²) in [5.74, 6) is -0.290. The van der Waals surface area contributed by atoms with Crippen LogP contribution in [0.15, 0.2) is 47.4 Å². The molecule has 0 heterocycles. The Morgan fingerprint density at radius 2 is 1.90 bits per heavy atom. The van der Waals surface area contributed by atoms with Crippen LogP contribution in [0.4, 0.5) is 10.1 Å². The highest BCUT2D eigenvalue weighted by molar-refractivity contribution is 7.89. The van der Waals surface area contributed by atoms with Crippen LogP contribution in [-0.4, -0.2) is 8.42 Å². The summed E-state index contributed by atoms with van der Waals surface area (Å²) in [7, 11) is -3.72. The topological polar surface area (TPSA) is 72.2 Å². The van der Waals surface area contributed by atoms with Gasteiger partial charge in [-0.3, -0.25) is 0 Å². The zero-order valence-electron chi connectivity index (χ0n) is 11.8. The average Bonchev–Trinajstić information content (AvgIpc) is 2.41. The highest BCUT2D eigenvalue weighted by Crippen LogP contribution is 2.24. The zero-order chi connectivity index (χ0) is 15.6. The number of primary sulfonamides is 1. The van der Waals surface area contributed by atoms with E-state index in [1.165, 1.54) is 24.3 Å². The predicted molar refractivity (Wildman–Crippen MR) is 81.0 cm³/mol. The Kier molecular flexibility index (Phi) is 4.29. The summed E-state index contributed by atoms with van der Waals surface area (Å²) in [5.41, 5.74) is 2.36. The van der Waals surface area contributed by atoms with Crippen molar-refractivity contribution < 1.29 is 12.8 Å². The molecular weight excluding hydrogens is 291 g/mol. The molecule has 0 radical (unpaired) electrons. The third-order valence-corrected chi connectivity index (χ3v) is 4.16. The lowest BCUT2D eigenvalue weighted by Crippen LogP contribution is -2.14. The van der Waals surface area contributed by atoms with Gasteiger partial charge in [-0.25, -0.2) is 17.9 Å². The second kappa shape index (κ2) is 5.83. The van der Waals surface area contributed by atoms with Crippen LogP contribution in [0.1, 0.15) is 24.1 Å². The molecule has 0 spiro atoms. The molecule has 0 amide bonds. The van der Waals surface area contributed by atoms with Crippen LogP contribution < -0.4 is 10.5 Å². The molecule has 2 aromatic rings. The maximum absolute atomic E-state index is 13.1. The lowest BCUT2D eigenvalue weighted by atomic mass is 10.1. The number of nitrogens with one attached hydrogen (secondary N) is 1. The fourth-order valence-electron chi connectivity index (χ4n) is 2.07. The normalized spacial score (nSPS) is 13.0. The number of halogens is 1. The average molecular weight is 308 g/mol. The minimum absolute atomic E-state index is 0.0736. The van der Waals surface area contributed by atoms with Gasteiger partial charge in [-0.2, -0.15) is 0 Å². The van der Waals surface area contributed by atoms with Crippen molar-refractivity contribution in [2.24, 2.45) is 5.14 Å². The Hall–Kier alpha value is -1.92. The van der Waals surface area contributed by atoms with E-state index in [1.54, 1.807) is 19.1 Å². The van der Waals surface area contributed by atoms with E-state index in [4.69, 9.17) is 5.14 Å². The third-order valence-electron chi connectivity index (χ3n) is 3.25. The fourth-order valence-corrected chi connectivity index (χ4v) is 2.64. The number of anilines is 1. The number of hydrogen-bond donors (Lipinski definition) is 2. The van der Waals surface area contributed by atoms with E-state index in [0.717, 1.165) is 16.8 Å². The molecule has 0 bridgehead atoms. The van der Waals surface area contributed by atoms with Gasteiger partial charge in [-0.15, -0.1) is 0 Å². The molecule has 0 aliphatic carbocycles.